The highest BCUT2D eigenvalue weighted by atomic mass is 35.5. The summed E-state index contributed by atoms with van der Waals surface area (Å²) in [7, 11) is -2.25. The van der Waals surface area contributed by atoms with Crippen molar-refractivity contribution < 1.29 is 13.5 Å². The van der Waals surface area contributed by atoms with Crippen LogP contribution in [0, 0.1) is 0 Å². The van der Waals surface area contributed by atoms with Gasteiger partial charge in [-0.2, -0.15) is 4.31 Å². The monoisotopic (exact) mass is 278 g/mol. The summed E-state index contributed by atoms with van der Waals surface area (Å²) in [5.74, 6) is 0. The third kappa shape index (κ3) is 3.65. The molecule has 1 atom stereocenters. The van der Waals surface area contributed by atoms with E-state index in [1.807, 2.05) is 0 Å². The van der Waals surface area contributed by atoms with Gasteiger partial charge in [0.25, 0.3) is 0 Å². The number of likely N-dealkylation sites (N-methyl/N-ethyl adjacent to an activating group) is 1. The van der Waals surface area contributed by atoms with Crippen LogP contribution < -0.4 is 5.73 Å². The number of halogens is 1. The maximum Gasteiger partial charge on any atom is 0.242 e. The molecule has 96 valence electrons. The third-order valence-corrected chi connectivity index (χ3v) is 4.30. The highest BCUT2D eigenvalue weighted by molar-refractivity contribution is 7.89. The molecule has 0 saturated carbocycles. The zero-order valence-corrected chi connectivity index (χ0v) is 10.9. The largest absolute Gasteiger partial charge is 0.390 e. The molecule has 0 radical (unpaired) electrons. The van der Waals surface area contributed by atoms with Crippen molar-refractivity contribution in [3.05, 3.63) is 29.3 Å². The van der Waals surface area contributed by atoms with E-state index in [0.717, 1.165) is 4.31 Å². The van der Waals surface area contributed by atoms with Gasteiger partial charge in [-0.3, -0.25) is 0 Å². The Kier molecular flexibility index (Phi) is 4.91. The van der Waals surface area contributed by atoms with Crippen LogP contribution in [0.1, 0.15) is 0 Å². The molecule has 1 rings (SSSR count). The summed E-state index contributed by atoms with van der Waals surface area (Å²) in [5, 5.41) is 9.68. The van der Waals surface area contributed by atoms with Gasteiger partial charge in [0.15, 0.2) is 0 Å². The molecular formula is C10H15ClN2O3S. The summed E-state index contributed by atoms with van der Waals surface area (Å²) in [5.41, 5.74) is 5.23. The summed E-state index contributed by atoms with van der Waals surface area (Å²) in [6.45, 7) is -0.0409. The van der Waals surface area contributed by atoms with E-state index >= 15 is 0 Å². The second-order valence-corrected chi connectivity index (χ2v) is 6.11. The molecule has 0 fully saturated rings. The number of aliphatic hydroxyl groups is 1. The van der Waals surface area contributed by atoms with Crippen molar-refractivity contribution in [1.82, 2.24) is 4.31 Å². The molecule has 0 aromatic heterocycles. The SMILES string of the molecule is CN(C[C@@H](O)CN)S(=O)(=O)c1cccc(Cl)c1. The van der Waals surface area contributed by atoms with E-state index in [9.17, 15) is 13.5 Å². The number of hydrogen-bond acceptors (Lipinski definition) is 4. The fourth-order valence-corrected chi connectivity index (χ4v) is 2.79. The molecule has 1 aromatic rings. The second-order valence-electron chi connectivity index (χ2n) is 3.63. The Balaban J connectivity index is 2.95. The van der Waals surface area contributed by atoms with Crippen molar-refractivity contribution in [3.63, 3.8) is 0 Å². The molecule has 3 N–H and O–H groups in total. The first-order valence-corrected chi connectivity index (χ1v) is 6.79. The first kappa shape index (κ1) is 14.4. The highest BCUT2D eigenvalue weighted by Crippen LogP contribution is 2.18. The van der Waals surface area contributed by atoms with Crippen LogP contribution in [0.3, 0.4) is 0 Å². The van der Waals surface area contributed by atoms with Gasteiger partial charge >= 0.3 is 0 Å². The molecule has 1 aromatic carbocycles. The molecule has 5 nitrogen and oxygen atoms in total. The summed E-state index contributed by atoms with van der Waals surface area (Å²) in [6.07, 6.45) is -0.881. The fourth-order valence-electron chi connectivity index (χ4n) is 1.28. The summed E-state index contributed by atoms with van der Waals surface area (Å²) < 4.78 is 25.2. The molecule has 0 amide bonds. The van der Waals surface area contributed by atoms with Crippen molar-refractivity contribution in [2.24, 2.45) is 5.73 Å². The van der Waals surface area contributed by atoms with Crippen LogP contribution in [-0.4, -0.2) is 44.1 Å². The van der Waals surface area contributed by atoms with Gasteiger partial charge in [0.05, 0.1) is 11.0 Å². The molecule has 0 bridgehead atoms. The molecule has 0 heterocycles. The van der Waals surface area contributed by atoms with Crippen LogP contribution in [0.15, 0.2) is 29.2 Å². The topological polar surface area (TPSA) is 83.6 Å². The van der Waals surface area contributed by atoms with Crippen LogP contribution in [0.4, 0.5) is 0 Å². The van der Waals surface area contributed by atoms with Crippen molar-refractivity contribution in [1.29, 1.82) is 0 Å². The number of nitrogens with zero attached hydrogens (tertiary/aromatic N) is 1. The van der Waals surface area contributed by atoms with E-state index < -0.39 is 16.1 Å². The van der Waals surface area contributed by atoms with Crippen LogP contribution in [0.5, 0.6) is 0 Å². The lowest BCUT2D eigenvalue weighted by Crippen LogP contribution is -2.37. The Hall–Kier alpha value is -0.660. The summed E-state index contributed by atoms with van der Waals surface area (Å²) in [4.78, 5) is 0.0942. The molecule has 7 heteroatoms. The number of aliphatic hydroxyl groups excluding tert-OH is 1. The normalized spacial score (nSPS) is 13.9. The maximum absolute atomic E-state index is 12.1. The molecule has 0 aliphatic carbocycles. The minimum absolute atomic E-state index is 0.00933. The van der Waals surface area contributed by atoms with Crippen molar-refractivity contribution >= 4 is 21.6 Å². The van der Waals surface area contributed by atoms with Gasteiger partial charge in [0.1, 0.15) is 0 Å². The molecule has 0 aliphatic heterocycles. The summed E-state index contributed by atoms with van der Waals surface area (Å²) in [6, 6.07) is 5.96. The van der Waals surface area contributed by atoms with E-state index in [4.69, 9.17) is 17.3 Å². The fraction of sp³-hybridized carbons (Fsp3) is 0.400. The van der Waals surface area contributed by atoms with E-state index in [-0.39, 0.29) is 18.0 Å². The van der Waals surface area contributed by atoms with Crippen LogP contribution in [0.25, 0.3) is 0 Å². The van der Waals surface area contributed by atoms with Gasteiger partial charge in [-0.1, -0.05) is 17.7 Å². The standard InChI is InChI=1S/C10H15ClN2O3S/c1-13(7-9(14)6-12)17(15,16)10-4-2-3-8(11)5-10/h2-5,9,14H,6-7,12H2,1H3/t9-/m0/s1. The van der Waals surface area contributed by atoms with E-state index in [1.54, 1.807) is 12.1 Å². The smallest absolute Gasteiger partial charge is 0.242 e. The van der Waals surface area contributed by atoms with E-state index in [1.165, 1.54) is 19.2 Å². The molecule has 0 saturated heterocycles. The molecular weight excluding hydrogens is 264 g/mol. The minimum atomic E-state index is -3.63. The molecule has 0 unspecified atom stereocenters. The predicted molar refractivity (Wildman–Crippen MR) is 66.3 cm³/mol. The first-order valence-electron chi connectivity index (χ1n) is 4.98. The quantitative estimate of drug-likeness (QED) is 0.810. The van der Waals surface area contributed by atoms with Crippen LogP contribution in [-0.2, 0) is 10.0 Å². The van der Waals surface area contributed by atoms with Gasteiger partial charge in [-0.25, -0.2) is 8.42 Å². The number of sulfonamides is 1. The number of hydrogen-bond donors (Lipinski definition) is 2. The van der Waals surface area contributed by atoms with Gasteiger partial charge in [0, 0.05) is 25.2 Å². The van der Waals surface area contributed by atoms with Crippen LogP contribution >= 0.6 is 11.6 Å². The number of nitrogens with two attached hydrogens (primary N) is 1. The second kappa shape index (κ2) is 5.79. The molecule has 0 aliphatic rings. The Morgan fingerprint density at radius 1 is 1.53 bits per heavy atom. The lowest BCUT2D eigenvalue weighted by molar-refractivity contribution is 0.160. The minimum Gasteiger partial charge on any atom is -0.390 e. The van der Waals surface area contributed by atoms with Gasteiger partial charge < -0.3 is 10.8 Å². The lowest BCUT2D eigenvalue weighted by atomic mass is 10.4. The Morgan fingerprint density at radius 3 is 2.71 bits per heavy atom. The average molecular weight is 279 g/mol. The van der Waals surface area contributed by atoms with Gasteiger partial charge in [0.2, 0.25) is 10.0 Å². The summed E-state index contributed by atoms with van der Waals surface area (Å²) >= 11 is 5.74. The highest BCUT2D eigenvalue weighted by Gasteiger charge is 2.22. The van der Waals surface area contributed by atoms with Gasteiger partial charge in [-0.15, -0.1) is 0 Å². The number of rotatable bonds is 5. The molecule has 0 spiro atoms. The first-order chi connectivity index (χ1) is 7.87. The Bertz CT molecular complexity index is 478. The van der Waals surface area contributed by atoms with Crippen molar-refractivity contribution in [2.45, 2.75) is 11.0 Å². The third-order valence-electron chi connectivity index (χ3n) is 2.24. The Labute approximate surface area is 106 Å². The zero-order chi connectivity index (χ0) is 13.1. The van der Waals surface area contributed by atoms with Crippen molar-refractivity contribution in [3.8, 4) is 0 Å². The van der Waals surface area contributed by atoms with E-state index in [2.05, 4.69) is 0 Å². The Morgan fingerprint density at radius 2 is 2.18 bits per heavy atom. The zero-order valence-electron chi connectivity index (χ0n) is 9.38. The van der Waals surface area contributed by atoms with E-state index in [0.29, 0.717) is 5.02 Å². The van der Waals surface area contributed by atoms with Gasteiger partial charge in [-0.05, 0) is 18.2 Å². The molecule has 17 heavy (non-hydrogen) atoms. The van der Waals surface area contributed by atoms with Crippen molar-refractivity contribution in [2.75, 3.05) is 20.1 Å². The lowest BCUT2D eigenvalue weighted by Gasteiger charge is -2.19. The average Bonchev–Trinajstić information content (AvgIpc) is 2.28. The predicted octanol–water partition coefficient (Wildman–Crippen LogP) is 0.280. The number of benzene rings is 1. The van der Waals surface area contributed by atoms with Crippen LogP contribution in [0.2, 0.25) is 5.02 Å². The maximum atomic E-state index is 12.1.